The normalized spacial score (nSPS) is 12.2. The van der Waals surface area contributed by atoms with Gasteiger partial charge in [0.05, 0.1) is 23.1 Å². The quantitative estimate of drug-likeness (QED) is 0.769. The van der Waals surface area contributed by atoms with E-state index in [2.05, 4.69) is 9.69 Å². The predicted molar refractivity (Wildman–Crippen MR) is 68.5 cm³/mol. The molecule has 0 saturated heterocycles. The van der Waals surface area contributed by atoms with Crippen LogP contribution in [0.2, 0.25) is 0 Å². The number of aromatic nitrogens is 1. The van der Waals surface area contributed by atoms with Crippen molar-refractivity contribution in [2.45, 2.75) is 12.7 Å². The lowest BCUT2D eigenvalue weighted by atomic mass is 10.3. The summed E-state index contributed by atoms with van der Waals surface area (Å²) < 4.78 is 47.7. The molecule has 0 fully saturated rings. The Balaban J connectivity index is 1.87. The number of halogens is 3. The second-order valence-electron chi connectivity index (χ2n) is 3.77. The van der Waals surface area contributed by atoms with E-state index in [1.54, 1.807) is 18.4 Å². The van der Waals surface area contributed by atoms with Gasteiger partial charge in [-0.15, -0.1) is 11.3 Å². The van der Waals surface area contributed by atoms with Crippen LogP contribution in [0, 0.1) is 0 Å². The van der Waals surface area contributed by atoms with Crippen molar-refractivity contribution in [1.82, 2.24) is 4.37 Å². The third-order valence-electron chi connectivity index (χ3n) is 2.51. The first-order chi connectivity index (χ1) is 9.05. The highest BCUT2D eigenvalue weighted by Crippen LogP contribution is 2.42. The maximum absolute atomic E-state index is 12.7. The summed E-state index contributed by atoms with van der Waals surface area (Å²) in [4.78, 5) is 0. The SMILES string of the molecule is FC(F)(F)c1csc2c(NCc3ccco3)snc12. The summed E-state index contributed by atoms with van der Waals surface area (Å²) in [5, 5.41) is 4.77. The maximum atomic E-state index is 12.7. The molecule has 3 aromatic heterocycles. The Morgan fingerprint density at radius 3 is 2.89 bits per heavy atom. The average Bonchev–Trinajstić information content (AvgIpc) is 3.02. The van der Waals surface area contributed by atoms with Crippen LogP contribution in [-0.4, -0.2) is 4.37 Å². The van der Waals surface area contributed by atoms with Crippen molar-refractivity contribution >= 4 is 38.1 Å². The summed E-state index contributed by atoms with van der Waals surface area (Å²) in [6, 6.07) is 3.55. The minimum atomic E-state index is -4.36. The first-order valence-corrected chi connectivity index (χ1v) is 6.91. The van der Waals surface area contributed by atoms with Gasteiger partial charge in [-0.05, 0) is 23.7 Å². The highest BCUT2D eigenvalue weighted by molar-refractivity contribution is 7.23. The molecule has 3 heterocycles. The molecule has 3 nitrogen and oxygen atoms in total. The molecule has 1 N–H and O–H groups in total. The topological polar surface area (TPSA) is 38.1 Å². The number of thiophene rings is 1. The molecule has 3 aromatic rings. The molecule has 0 spiro atoms. The van der Waals surface area contributed by atoms with Gasteiger partial charge in [0.15, 0.2) is 0 Å². The molecule has 0 aliphatic heterocycles. The van der Waals surface area contributed by atoms with Crippen LogP contribution in [-0.2, 0) is 12.7 Å². The minimum absolute atomic E-state index is 0.0180. The van der Waals surface area contributed by atoms with Crippen molar-refractivity contribution in [1.29, 1.82) is 0 Å². The smallest absolute Gasteiger partial charge is 0.419 e. The number of hydrogen-bond donors (Lipinski definition) is 1. The van der Waals surface area contributed by atoms with Crippen molar-refractivity contribution < 1.29 is 17.6 Å². The summed E-state index contributed by atoms with van der Waals surface area (Å²) in [5.41, 5.74) is -0.653. The van der Waals surface area contributed by atoms with E-state index in [0.29, 0.717) is 22.0 Å². The molecule has 3 rings (SSSR count). The number of furan rings is 1. The molecule has 0 bridgehead atoms. The van der Waals surface area contributed by atoms with Crippen LogP contribution in [0.3, 0.4) is 0 Å². The lowest BCUT2D eigenvalue weighted by Crippen LogP contribution is -2.03. The fourth-order valence-electron chi connectivity index (χ4n) is 1.63. The highest BCUT2D eigenvalue weighted by Gasteiger charge is 2.35. The predicted octanol–water partition coefficient (Wildman–Crippen LogP) is 4.58. The molecule has 0 radical (unpaired) electrons. The van der Waals surface area contributed by atoms with E-state index in [1.807, 2.05) is 0 Å². The Morgan fingerprint density at radius 1 is 1.37 bits per heavy atom. The molecule has 0 aromatic carbocycles. The first kappa shape index (κ1) is 12.5. The molecule has 0 aliphatic carbocycles. The Kier molecular flexibility index (Phi) is 2.98. The minimum Gasteiger partial charge on any atom is -0.467 e. The Bertz CT molecular complexity index is 684. The third-order valence-corrected chi connectivity index (χ3v) is 4.43. The van der Waals surface area contributed by atoms with E-state index < -0.39 is 11.7 Å². The van der Waals surface area contributed by atoms with Crippen LogP contribution in [0.4, 0.5) is 18.2 Å². The molecular formula is C11H7F3N2OS2. The van der Waals surface area contributed by atoms with E-state index in [0.717, 1.165) is 28.2 Å². The van der Waals surface area contributed by atoms with Gasteiger partial charge in [0, 0.05) is 5.38 Å². The summed E-state index contributed by atoms with van der Waals surface area (Å²) in [7, 11) is 0. The number of alkyl halides is 3. The standard InChI is InChI=1S/C11H7F3N2OS2/c12-11(13,14)7-5-18-9-8(7)16-19-10(9)15-4-6-2-1-3-17-6/h1-3,5,15H,4H2. The van der Waals surface area contributed by atoms with E-state index in [1.165, 1.54) is 0 Å². The molecule has 0 aliphatic rings. The number of nitrogens with one attached hydrogen (secondary N) is 1. The number of nitrogens with zero attached hydrogens (tertiary/aromatic N) is 1. The van der Waals surface area contributed by atoms with Gasteiger partial charge < -0.3 is 9.73 Å². The number of rotatable bonds is 3. The number of fused-ring (bicyclic) bond motifs is 1. The third kappa shape index (κ3) is 2.33. The van der Waals surface area contributed by atoms with Crippen molar-refractivity contribution in [3.8, 4) is 0 Å². The zero-order chi connectivity index (χ0) is 13.5. The van der Waals surface area contributed by atoms with E-state index in [4.69, 9.17) is 4.42 Å². The van der Waals surface area contributed by atoms with E-state index in [9.17, 15) is 13.2 Å². The van der Waals surface area contributed by atoms with Crippen LogP contribution < -0.4 is 5.32 Å². The van der Waals surface area contributed by atoms with Crippen LogP contribution in [0.15, 0.2) is 28.2 Å². The molecule has 8 heteroatoms. The molecule has 19 heavy (non-hydrogen) atoms. The Morgan fingerprint density at radius 2 is 2.21 bits per heavy atom. The fraction of sp³-hybridized carbons (Fsp3) is 0.182. The second-order valence-corrected chi connectivity index (χ2v) is 5.42. The van der Waals surface area contributed by atoms with Crippen molar-refractivity contribution in [2.75, 3.05) is 5.32 Å². The van der Waals surface area contributed by atoms with Crippen molar-refractivity contribution in [2.24, 2.45) is 0 Å². The van der Waals surface area contributed by atoms with Crippen LogP contribution in [0.5, 0.6) is 0 Å². The molecular weight excluding hydrogens is 297 g/mol. The van der Waals surface area contributed by atoms with Gasteiger partial charge in [0.1, 0.15) is 16.3 Å². The highest BCUT2D eigenvalue weighted by atomic mass is 32.1. The number of anilines is 1. The molecule has 0 unspecified atom stereocenters. The summed E-state index contributed by atoms with van der Waals surface area (Å²) in [5.74, 6) is 0.717. The van der Waals surface area contributed by atoms with E-state index >= 15 is 0 Å². The Labute approximate surface area is 113 Å². The fourth-order valence-corrected chi connectivity index (χ4v) is 3.56. The zero-order valence-electron chi connectivity index (χ0n) is 9.32. The van der Waals surface area contributed by atoms with Crippen LogP contribution in [0.1, 0.15) is 11.3 Å². The van der Waals surface area contributed by atoms with Crippen LogP contribution >= 0.6 is 22.9 Å². The van der Waals surface area contributed by atoms with Gasteiger partial charge in [0.2, 0.25) is 0 Å². The molecule has 100 valence electrons. The van der Waals surface area contributed by atoms with Gasteiger partial charge in [-0.3, -0.25) is 0 Å². The van der Waals surface area contributed by atoms with Gasteiger partial charge in [-0.25, -0.2) is 0 Å². The summed E-state index contributed by atoms with van der Waals surface area (Å²) in [6.45, 7) is 0.420. The monoisotopic (exact) mass is 304 g/mol. The van der Waals surface area contributed by atoms with Gasteiger partial charge in [0.25, 0.3) is 0 Å². The summed E-state index contributed by atoms with van der Waals surface area (Å²) in [6.07, 6.45) is -2.81. The van der Waals surface area contributed by atoms with Crippen molar-refractivity contribution in [3.05, 3.63) is 35.1 Å². The molecule has 0 saturated carbocycles. The molecule has 0 amide bonds. The van der Waals surface area contributed by atoms with Crippen molar-refractivity contribution in [3.63, 3.8) is 0 Å². The van der Waals surface area contributed by atoms with E-state index in [-0.39, 0.29) is 5.52 Å². The lowest BCUT2D eigenvalue weighted by molar-refractivity contribution is -0.136. The zero-order valence-corrected chi connectivity index (χ0v) is 11.0. The first-order valence-electron chi connectivity index (χ1n) is 5.26. The average molecular weight is 304 g/mol. The Hall–Kier alpha value is -1.54. The molecule has 0 atom stereocenters. The summed E-state index contributed by atoms with van der Waals surface area (Å²) >= 11 is 2.08. The lowest BCUT2D eigenvalue weighted by Gasteiger charge is -2.01. The second kappa shape index (κ2) is 4.53. The van der Waals surface area contributed by atoms with Crippen LogP contribution in [0.25, 0.3) is 10.2 Å². The maximum Gasteiger partial charge on any atom is 0.419 e. The van der Waals surface area contributed by atoms with Gasteiger partial charge >= 0.3 is 6.18 Å². The van der Waals surface area contributed by atoms with Gasteiger partial charge in [-0.1, -0.05) is 0 Å². The largest absolute Gasteiger partial charge is 0.467 e. The number of hydrogen-bond acceptors (Lipinski definition) is 5. The van der Waals surface area contributed by atoms with Gasteiger partial charge in [-0.2, -0.15) is 17.5 Å².